The fourth-order valence-corrected chi connectivity index (χ4v) is 7.74. The van der Waals surface area contributed by atoms with Crippen molar-refractivity contribution in [3.8, 4) is 0 Å². The molecule has 0 aliphatic carbocycles. The summed E-state index contributed by atoms with van der Waals surface area (Å²) in [5, 5.41) is 6.82. The summed E-state index contributed by atoms with van der Waals surface area (Å²) in [6.07, 6.45) is 7.82. The van der Waals surface area contributed by atoms with Gasteiger partial charge in [-0.1, -0.05) is 76.6 Å². The van der Waals surface area contributed by atoms with E-state index in [1.807, 2.05) is 62.4 Å². The lowest BCUT2D eigenvalue weighted by Crippen LogP contribution is -2.46. The first-order valence-corrected chi connectivity index (χ1v) is 16.3. The van der Waals surface area contributed by atoms with Crippen LogP contribution in [0.5, 0.6) is 0 Å². The van der Waals surface area contributed by atoms with Crippen LogP contribution in [0.25, 0.3) is 43.1 Å². The Morgan fingerprint density at radius 1 is 0.455 bits per heavy atom. The zero-order valence-electron chi connectivity index (χ0n) is 26.0. The molecule has 5 aromatic carbocycles. The van der Waals surface area contributed by atoms with Crippen LogP contribution in [0.2, 0.25) is 0 Å². The van der Waals surface area contributed by atoms with Gasteiger partial charge in [-0.2, -0.15) is 0 Å². The third-order valence-corrected chi connectivity index (χ3v) is 10.0. The van der Waals surface area contributed by atoms with Crippen LogP contribution in [0.15, 0.2) is 48.5 Å². The van der Waals surface area contributed by atoms with Gasteiger partial charge in [-0.3, -0.25) is 29.0 Å². The van der Waals surface area contributed by atoms with Gasteiger partial charge in [0, 0.05) is 45.1 Å². The normalized spacial score (nSPS) is 16.4. The smallest absolute Gasteiger partial charge is 0.261 e. The highest BCUT2D eigenvalue weighted by molar-refractivity contribution is 6.41. The second kappa shape index (κ2) is 10.7. The minimum Gasteiger partial charge on any atom is -0.272 e. The third-order valence-electron chi connectivity index (χ3n) is 10.0. The van der Waals surface area contributed by atoms with E-state index in [1.54, 1.807) is 0 Å². The molecule has 224 valence electrons. The number of fused-ring (bicyclic) bond motifs is 2. The van der Waals surface area contributed by atoms with Crippen molar-refractivity contribution < 1.29 is 19.2 Å². The lowest BCUT2D eigenvalue weighted by atomic mass is 9.82. The van der Waals surface area contributed by atoms with E-state index in [-0.39, 0.29) is 35.7 Å². The van der Waals surface area contributed by atoms with Crippen molar-refractivity contribution in [2.45, 2.75) is 91.1 Å². The quantitative estimate of drug-likeness (QED) is 0.0709. The van der Waals surface area contributed by atoms with Crippen molar-refractivity contribution >= 4 is 66.7 Å². The number of carbonyl (C=O) groups is 4. The van der Waals surface area contributed by atoms with Gasteiger partial charge >= 0.3 is 0 Å². The molecule has 0 radical (unpaired) electrons. The van der Waals surface area contributed by atoms with Crippen LogP contribution in [0, 0.1) is 0 Å². The van der Waals surface area contributed by atoms with Gasteiger partial charge in [-0.15, -0.1) is 0 Å². The predicted octanol–water partition coefficient (Wildman–Crippen LogP) is 8.87. The summed E-state index contributed by atoms with van der Waals surface area (Å²) in [4.78, 5) is 58.3. The lowest BCUT2D eigenvalue weighted by molar-refractivity contribution is 0.0526. The van der Waals surface area contributed by atoms with Crippen LogP contribution in [0.3, 0.4) is 0 Å². The molecule has 0 unspecified atom stereocenters. The molecular weight excluding hydrogens is 548 g/mol. The van der Waals surface area contributed by atoms with Gasteiger partial charge in [0.2, 0.25) is 0 Å². The van der Waals surface area contributed by atoms with E-state index in [4.69, 9.17) is 0 Å². The molecule has 2 aliphatic rings. The lowest BCUT2D eigenvalue weighted by Gasteiger charge is -2.34. The monoisotopic (exact) mass is 586 g/mol. The molecule has 0 fully saturated rings. The number of carbonyl (C=O) groups excluding carboxylic acids is 4. The zero-order chi connectivity index (χ0) is 30.9. The van der Waals surface area contributed by atoms with E-state index in [0.29, 0.717) is 33.0 Å². The van der Waals surface area contributed by atoms with Crippen molar-refractivity contribution in [3.05, 3.63) is 70.8 Å². The number of imide groups is 2. The number of nitrogens with zero attached hydrogens (tertiary/aromatic N) is 2. The Morgan fingerprint density at radius 2 is 0.750 bits per heavy atom. The molecule has 5 aromatic rings. The van der Waals surface area contributed by atoms with Gasteiger partial charge < -0.3 is 0 Å². The first-order valence-electron chi connectivity index (χ1n) is 16.3. The van der Waals surface area contributed by atoms with Crippen LogP contribution in [-0.4, -0.2) is 45.5 Å². The van der Waals surface area contributed by atoms with Crippen molar-refractivity contribution in [2.75, 3.05) is 0 Å². The Bertz CT molecular complexity index is 1760. The standard InChI is InChI=1S/C38H38N2O4/c1-5-7-9-11-21(3)39-35(41)27-17-13-23-25-15-19-29-34-30(38(44)40(37(29)43)22(4)12-10-8-6-2)20-16-26(32(25)34)24-14-18-28(36(39)42)33(27)31(23)24/h13-22H,5-12H2,1-4H3/t21-,22-/m0/s1. The molecule has 6 nitrogen and oxygen atoms in total. The van der Waals surface area contributed by atoms with Gasteiger partial charge in [0.05, 0.1) is 0 Å². The number of hydrogen-bond donors (Lipinski definition) is 0. The number of hydrogen-bond acceptors (Lipinski definition) is 4. The maximum absolute atomic E-state index is 13.9. The van der Waals surface area contributed by atoms with Crippen molar-refractivity contribution in [3.63, 3.8) is 0 Å². The average molecular weight is 587 g/mol. The maximum atomic E-state index is 13.9. The molecule has 2 atom stereocenters. The number of amides is 4. The van der Waals surface area contributed by atoms with Gasteiger partial charge in [0.1, 0.15) is 0 Å². The van der Waals surface area contributed by atoms with E-state index in [0.717, 1.165) is 83.7 Å². The Morgan fingerprint density at radius 3 is 1.02 bits per heavy atom. The summed E-state index contributed by atoms with van der Waals surface area (Å²) in [6.45, 7) is 8.21. The van der Waals surface area contributed by atoms with Crippen LogP contribution >= 0.6 is 0 Å². The maximum Gasteiger partial charge on any atom is 0.261 e. The minimum absolute atomic E-state index is 0.183. The van der Waals surface area contributed by atoms with Crippen LogP contribution in [0.1, 0.15) is 120 Å². The molecule has 4 amide bonds. The molecule has 2 aliphatic heterocycles. The SMILES string of the molecule is CCCCC[C@H](C)N1C(=O)c2ccc3c4ccc5c6c(ccc(c7ccc(c2c37)C1=O)c64)C(=O)N([C@@H](C)CCCCC)C5=O. The van der Waals surface area contributed by atoms with E-state index >= 15 is 0 Å². The van der Waals surface area contributed by atoms with Gasteiger partial charge in [-0.05, 0) is 83.3 Å². The Hall–Kier alpha value is -4.32. The average Bonchev–Trinajstić information content (AvgIpc) is 3.02. The summed E-state index contributed by atoms with van der Waals surface area (Å²) < 4.78 is 0. The largest absolute Gasteiger partial charge is 0.272 e. The molecular formula is C38H38N2O4. The number of unbranched alkanes of at least 4 members (excludes halogenated alkanes) is 4. The highest BCUT2D eigenvalue weighted by Crippen LogP contribution is 2.46. The number of benzene rings is 5. The first-order chi connectivity index (χ1) is 21.3. The van der Waals surface area contributed by atoms with Crippen LogP contribution < -0.4 is 0 Å². The van der Waals surface area contributed by atoms with Gasteiger partial charge in [0.15, 0.2) is 0 Å². The Kier molecular flexibility index (Phi) is 6.91. The molecule has 6 heteroatoms. The summed E-state index contributed by atoms with van der Waals surface area (Å²) in [6, 6.07) is 14.9. The molecule has 0 spiro atoms. The fourth-order valence-electron chi connectivity index (χ4n) is 7.74. The molecule has 7 rings (SSSR count). The van der Waals surface area contributed by atoms with Crippen LogP contribution in [0.4, 0.5) is 0 Å². The van der Waals surface area contributed by atoms with Crippen molar-refractivity contribution in [1.82, 2.24) is 9.80 Å². The summed E-state index contributed by atoms with van der Waals surface area (Å²) >= 11 is 0. The van der Waals surface area contributed by atoms with Crippen LogP contribution in [-0.2, 0) is 0 Å². The highest BCUT2D eigenvalue weighted by Gasteiger charge is 2.39. The van der Waals surface area contributed by atoms with E-state index in [2.05, 4.69) is 13.8 Å². The van der Waals surface area contributed by atoms with Crippen molar-refractivity contribution in [1.29, 1.82) is 0 Å². The molecule has 44 heavy (non-hydrogen) atoms. The topological polar surface area (TPSA) is 74.8 Å². The first kappa shape index (κ1) is 28.5. The van der Waals surface area contributed by atoms with E-state index < -0.39 is 0 Å². The summed E-state index contributed by atoms with van der Waals surface area (Å²) in [5.41, 5.74) is 2.20. The second-order valence-corrected chi connectivity index (χ2v) is 12.8. The Balaban J connectivity index is 1.41. The van der Waals surface area contributed by atoms with E-state index in [1.165, 1.54) is 9.80 Å². The fraction of sp³-hybridized carbons (Fsp3) is 0.368. The summed E-state index contributed by atoms with van der Waals surface area (Å²) in [5.74, 6) is -0.961. The highest BCUT2D eigenvalue weighted by atomic mass is 16.2. The van der Waals surface area contributed by atoms with E-state index in [9.17, 15) is 19.2 Å². The molecule has 2 heterocycles. The van der Waals surface area contributed by atoms with Gasteiger partial charge in [-0.25, -0.2) is 0 Å². The molecule has 0 saturated carbocycles. The second-order valence-electron chi connectivity index (χ2n) is 12.8. The van der Waals surface area contributed by atoms with Gasteiger partial charge in [0.25, 0.3) is 23.6 Å². The molecule has 0 saturated heterocycles. The molecule has 0 bridgehead atoms. The minimum atomic E-state index is -0.240. The molecule has 0 N–H and O–H groups in total. The Labute approximate surface area is 257 Å². The van der Waals surface area contributed by atoms with Crippen molar-refractivity contribution in [2.24, 2.45) is 0 Å². The number of rotatable bonds is 10. The summed E-state index contributed by atoms with van der Waals surface area (Å²) in [7, 11) is 0. The third kappa shape index (κ3) is 3.92. The predicted molar refractivity (Wildman–Crippen MR) is 176 cm³/mol. The molecule has 0 aromatic heterocycles. The zero-order valence-corrected chi connectivity index (χ0v) is 26.0.